The lowest BCUT2D eigenvalue weighted by Crippen LogP contribution is -2.71. The van der Waals surface area contributed by atoms with Crippen LogP contribution in [0.1, 0.15) is 30.9 Å². The van der Waals surface area contributed by atoms with Gasteiger partial charge >= 0.3 is 5.97 Å². The van der Waals surface area contributed by atoms with Crippen LogP contribution in [0.15, 0.2) is 24.2 Å². The maximum atomic E-state index is 12.6. The number of carboxylic acid groups (broad SMARTS) is 1. The summed E-state index contributed by atoms with van der Waals surface area (Å²) in [4.78, 5) is 37.8. The summed E-state index contributed by atoms with van der Waals surface area (Å²) >= 11 is 1.23. The standard InChI is InChI=1S/C16H19N3O5S/c1-16(2)11(15(23)24)19-13(22)10(14(19)25-16)18-12(21)9(17)7-3-5-8(20)6-4-7/h3-6,9-11,14,20H,17H2,1-2H3,(H,18,21)(H,23,24)/t9-,10+,11-,14+/m0/s1/i3D,4D,5D,6D. The summed E-state index contributed by atoms with van der Waals surface area (Å²) < 4.78 is 30.2. The minimum absolute atomic E-state index is 0.415. The number of carbonyl (C=O) groups is 3. The second-order valence-electron chi connectivity index (χ2n) is 6.32. The fourth-order valence-corrected chi connectivity index (χ4v) is 4.62. The molecule has 3 rings (SSSR count). The number of carboxylic acids is 1. The minimum Gasteiger partial charge on any atom is -0.508 e. The molecule has 2 aliphatic rings. The van der Waals surface area contributed by atoms with Crippen molar-refractivity contribution in [3.63, 3.8) is 0 Å². The molecule has 2 amide bonds. The minimum atomic E-state index is -1.62. The summed E-state index contributed by atoms with van der Waals surface area (Å²) in [5.74, 6) is -3.49. The van der Waals surface area contributed by atoms with Crippen molar-refractivity contribution in [2.24, 2.45) is 5.73 Å². The topological polar surface area (TPSA) is 133 Å². The van der Waals surface area contributed by atoms with Gasteiger partial charge < -0.3 is 26.2 Å². The summed E-state index contributed by atoms with van der Waals surface area (Å²) in [6.45, 7) is 3.38. The van der Waals surface area contributed by atoms with E-state index in [2.05, 4.69) is 5.32 Å². The Balaban J connectivity index is 1.83. The monoisotopic (exact) mass is 369 g/mol. The number of benzene rings is 1. The third-order valence-electron chi connectivity index (χ3n) is 4.20. The van der Waals surface area contributed by atoms with Crippen LogP contribution in [-0.2, 0) is 14.4 Å². The van der Waals surface area contributed by atoms with E-state index in [4.69, 9.17) is 11.2 Å². The number of aromatic hydroxyl groups is 1. The Bertz CT molecular complexity index is 915. The quantitative estimate of drug-likeness (QED) is 0.550. The average molecular weight is 369 g/mol. The SMILES string of the molecule is [2H]c1c([2H])c([C@H](N)C(=O)N[C@@H]2C(=O)N3[C@@H]2SC(C)(C)[C@@H]3C(=O)O)c([2H])c([2H])c1O. The van der Waals surface area contributed by atoms with Crippen molar-refractivity contribution in [2.75, 3.05) is 0 Å². The molecule has 1 aromatic carbocycles. The van der Waals surface area contributed by atoms with Crippen LogP contribution < -0.4 is 11.1 Å². The van der Waals surface area contributed by atoms with Gasteiger partial charge in [0.2, 0.25) is 11.8 Å². The highest BCUT2D eigenvalue weighted by atomic mass is 32.2. The number of aliphatic carboxylic acids is 1. The zero-order valence-electron chi connectivity index (χ0n) is 17.4. The summed E-state index contributed by atoms with van der Waals surface area (Å²) in [5, 5.41) is 20.8. The first-order chi connectivity index (χ1) is 13.3. The molecule has 0 unspecified atom stereocenters. The van der Waals surface area contributed by atoms with E-state index in [1.807, 2.05) is 0 Å². The molecule has 25 heavy (non-hydrogen) atoms. The largest absolute Gasteiger partial charge is 0.508 e. The van der Waals surface area contributed by atoms with Gasteiger partial charge in [-0.25, -0.2) is 4.79 Å². The zero-order chi connectivity index (χ0) is 22.0. The number of nitrogens with zero attached hydrogens (tertiary/aromatic N) is 1. The van der Waals surface area contributed by atoms with Crippen molar-refractivity contribution >= 4 is 29.5 Å². The number of hydrogen-bond donors (Lipinski definition) is 4. The van der Waals surface area contributed by atoms with E-state index in [0.29, 0.717) is 0 Å². The zero-order valence-corrected chi connectivity index (χ0v) is 14.2. The van der Waals surface area contributed by atoms with Gasteiger partial charge in [-0.1, -0.05) is 12.1 Å². The fourth-order valence-electron chi connectivity index (χ4n) is 2.99. The molecule has 8 nitrogen and oxygen atoms in total. The number of rotatable bonds is 4. The van der Waals surface area contributed by atoms with Crippen LogP contribution in [0.5, 0.6) is 5.75 Å². The molecular weight excluding hydrogens is 346 g/mol. The summed E-state index contributed by atoms with van der Waals surface area (Å²) in [6.07, 6.45) is 0. The number of fused-ring (bicyclic) bond motifs is 1. The van der Waals surface area contributed by atoms with Crippen LogP contribution in [0.2, 0.25) is 0 Å². The highest BCUT2D eigenvalue weighted by Crippen LogP contribution is 2.50. The molecule has 0 aromatic heterocycles. The summed E-state index contributed by atoms with van der Waals surface area (Å²) in [7, 11) is 0. The first-order valence-electron chi connectivity index (χ1n) is 9.39. The van der Waals surface area contributed by atoms with Crippen molar-refractivity contribution in [2.45, 2.75) is 42.1 Å². The molecule has 0 saturated carbocycles. The van der Waals surface area contributed by atoms with Gasteiger partial charge in [-0.3, -0.25) is 9.59 Å². The number of amides is 2. The number of thioether (sulfide) groups is 1. The lowest BCUT2D eigenvalue weighted by molar-refractivity contribution is -0.161. The summed E-state index contributed by atoms with van der Waals surface area (Å²) in [5.41, 5.74) is 5.43. The first kappa shape index (κ1) is 13.0. The molecule has 2 heterocycles. The van der Waals surface area contributed by atoms with Gasteiger partial charge in [0.25, 0.3) is 0 Å². The van der Waals surface area contributed by atoms with Gasteiger partial charge in [0.1, 0.15) is 29.2 Å². The van der Waals surface area contributed by atoms with E-state index in [0.717, 1.165) is 0 Å². The number of β-lactam (4-membered cyclic amide) rings is 1. The number of carbonyl (C=O) groups excluding carboxylic acids is 2. The van der Waals surface area contributed by atoms with Gasteiger partial charge in [0, 0.05) is 4.75 Å². The van der Waals surface area contributed by atoms with E-state index >= 15 is 0 Å². The van der Waals surface area contributed by atoms with Crippen molar-refractivity contribution in [3.8, 4) is 5.75 Å². The molecule has 134 valence electrons. The molecule has 0 bridgehead atoms. The van der Waals surface area contributed by atoms with Crippen molar-refractivity contribution in [3.05, 3.63) is 29.7 Å². The lowest BCUT2D eigenvalue weighted by atomic mass is 9.95. The maximum absolute atomic E-state index is 12.6. The van der Waals surface area contributed by atoms with E-state index in [1.165, 1.54) is 16.7 Å². The molecule has 4 atom stereocenters. The molecule has 2 fully saturated rings. The first-order valence-corrected chi connectivity index (χ1v) is 8.27. The Kier molecular flexibility index (Phi) is 3.08. The van der Waals surface area contributed by atoms with Crippen molar-refractivity contribution in [1.82, 2.24) is 10.2 Å². The van der Waals surface area contributed by atoms with E-state index < -0.39 is 81.5 Å². The third kappa shape index (κ3) is 2.83. The van der Waals surface area contributed by atoms with E-state index in [9.17, 15) is 24.6 Å². The molecule has 0 radical (unpaired) electrons. The van der Waals surface area contributed by atoms with E-state index in [-0.39, 0.29) is 0 Å². The van der Waals surface area contributed by atoms with Crippen LogP contribution in [0, 0.1) is 0 Å². The maximum Gasteiger partial charge on any atom is 0.327 e. The Hall–Kier alpha value is -2.26. The van der Waals surface area contributed by atoms with Gasteiger partial charge in [-0.15, -0.1) is 11.8 Å². The van der Waals surface area contributed by atoms with Crippen molar-refractivity contribution < 1.29 is 30.1 Å². The smallest absolute Gasteiger partial charge is 0.327 e. The Morgan fingerprint density at radius 1 is 1.40 bits per heavy atom. The molecule has 5 N–H and O–H groups in total. The second kappa shape index (κ2) is 5.92. The van der Waals surface area contributed by atoms with Gasteiger partial charge in [0.05, 0.1) is 5.48 Å². The normalized spacial score (nSPS) is 30.3. The number of phenols is 1. The van der Waals surface area contributed by atoms with Crippen LogP contribution in [0.4, 0.5) is 0 Å². The highest BCUT2D eigenvalue weighted by Gasteiger charge is 2.64. The lowest BCUT2D eigenvalue weighted by Gasteiger charge is -2.43. The molecule has 9 heteroatoms. The number of nitrogens with two attached hydrogens (primary N) is 1. The Morgan fingerprint density at radius 3 is 2.56 bits per heavy atom. The average Bonchev–Trinajstić information content (AvgIpc) is 2.90. The number of hydrogen-bond acceptors (Lipinski definition) is 6. The highest BCUT2D eigenvalue weighted by molar-refractivity contribution is 8.01. The predicted octanol–water partition coefficient (Wildman–Crippen LogP) is 0.0237. The third-order valence-corrected chi connectivity index (χ3v) is 5.77. The Labute approximate surface area is 154 Å². The summed E-state index contributed by atoms with van der Waals surface area (Å²) in [6, 6.07) is -6.46. The van der Waals surface area contributed by atoms with Gasteiger partial charge in [-0.05, 0) is 31.5 Å². The molecule has 0 aliphatic carbocycles. The fraction of sp³-hybridized carbons (Fsp3) is 0.438. The molecule has 2 saturated heterocycles. The van der Waals surface area contributed by atoms with Gasteiger partial charge in [0.15, 0.2) is 0 Å². The van der Waals surface area contributed by atoms with Crippen LogP contribution in [0.3, 0.4) is 0 Å². The second-order valence-corrected chi connectivity index (χ2v) is 8.10. The van der Waals surface area contributed by atoms with E-state index in [1.54, 1.807) is 13.8 Å². The predicted molar refractivity (Wildman–Crippen MR) is 90.7 cm³/mol. The molecular formula is C16H19N3O5S. The van der Waals surface area contributed by atoms with Crippen LogP contribution in [0.25, 0.3) is 0 Å². The Morgan fingerprint density at radius 2 is 2.00 bits per heavy atom. The van der Waals surface area contributed by atoms with Crippen LogP contribution in [-0.4, -0.2) is 55.1 Å². The van der Waals surface area contributed by atoms with Crippen molar-refractivity contribution in [1.29, 1.82) is 0 Å². The molecule has 2 aliphatic heterocycles. The molecule has 0 spiro atoms. The number of phenolic OH excluding ortho intramolecular Hbond substituents is 1. The van der Waals surface area contributed by atoms with Crippen LogP contribution >= 0.6 is 11.8 Å². The van der Waals surface area contributed by atoms with Gasteiger partial charge in [-0.2, -0.15) is 0 Å². The molecule has 1 aromatic rings. The number of nitrogens with one attached hydrogen (secondary N) is 1.